The fraction of sp³-hybridized carbons (Fsp3) is 0.250. The normalized spacial score (nSPS) is 16.1. The van der Waals surface area contributed by atoms with Gasteiger partial charge < -0.3 is 10.1 Å². The van der Waals surface area contributed by atoms with Gasteiger partial charge in [-0.2, -0.15) is 4.31 Å². The van der Waals surface area contributed by atoms with Crippen molar-refractivity contribution in [1.29, 1.82) is 0 Å². The average molecular weight is 485 g/mol. The standard InChI is InChI=1S/C24H24N2O5S2/c27-22(25-16-18-7-2-1-3-8-18)17-31-23(28)15-21-20-10-5-4-9-19(20)12-13-26(21)33(29,30)24-11-6-14-32-24/h1-11,14,21H,12-13,15-17H2,(H,25,27). The summed E-state index contributed by atoms with van der Waals surface area (Å²) in [7, 11) is -3.76. The van der Waals surface area contributed by atoms with Crippen LogP contribution in [0.3, 0.4) is 0 Å². The number of hydrogen-bond acceptors (Lipinski definition) is 6. The fourth-order valence-corrected chi connectivity index (χ4v) is 6.59. The summed E-state index contributed by atoms with van der Waals surface area (Å²) < 4.78 is 33.3. The van der Waals surface area contributed by atoms with Gasteiger partial charge in [0.1, 0.15) is 4.21 Å². The van der Waals surface area contributed by atoms with E-state index in [9.17, 15) is 18.0 Å². The van der Waals surface area contributed by atoms with Crippen molar-refractivity contribution in [2.45, 2.75) is 29.6 Å². The van der Waals surface area contributed by atoms with E-state index < -0.39 is 34.5 Å². The Bertz CT molecular complexity index is 1210. The first-order chi connectivity index (χ1) is 15.9. The van der Waals surface area contributed by atoms with Crippen LogP contribution in [0.25, 0.3) is 0 Å². The molecule has 7 nitrogen and oxygen atoms in total. The van der Waals surface area contributed by atoms with Gasteiger partial charge in [-0.15, -0.1) is 11.3 Å². The Morgan fingerprint density at radius 1 is 1.03 bits per heavy atom. The number of hydrogen-bond donors (Lipinski definition) is 1. The Morgan fingerprint density at radius 2 is 1.79 bits per heavy atom. The molecular weight excluding hydrogens is 460 g/mol. The molecule has 2 heterocycles. The number of esters is 1. The summed E-state index contributed by atoms with van der Waals surface area (Å²) in [6, 6.07) is 19.5. The predicted molar refractivity (Wildman–Crippen MR) is 125 cm³/mol. The second-order valence-electron chi connectivity index (χ2n) is 7.64. The first kappa shape index (κ1) is 23.2. The number of benzene rings is 2. The van der Waals surface area contributed by atoms with Crippen molar-refractivity contribution < 1.29 is 22.7 Å². The third-order valence-corrected chi connectivity index (χ3v) is 8.76. The van der Waals surface area contributed by atoms with E-state index in [1.165, 1.54) is 4.31 Å². The summed E-state index contributed by atoms with van der Waals surface area (Å²) in [5.41, 5.74) is 2.73. The van der Waals surface area contributed by atoms with Crippen LogP contribution in [0.4, 0.5) is 0 Å². The van der Waals surface area contributed by atoms with Crippen LogP contribution >= 0.6 is 11.3 Å². The molecule has 1 N–H and O–H groups in total. The highest BCUT2D eigenvalue weighted by Crippen LogP contribution is 2.37. The summed E-state index contributed by atoms with van der Waals surface area (Å²) in [5, 5.41) is 4.41. The Morgan fingerprint density at radius 3 is 2.55 bits per heavy atom. The summed E-state index contributed by atoms with van der Waals surface area (Å²) >= 11 is 1.14. The lowest BCUT2D eigenvalue weighted by Crippen LogP contribution is -2.41. The van der Waals surface area contributed by atoms with Crippen molar-refractivity contribution in [2.75, 3.05) is 13.2 Å². The second-order valence-corrected chi connectivity index (χ2v) is 10.7. The lowest BCUT2D eigenvalue weighted by atomic mass is 9.92. The van der Waals surface area contributed by atoms with Crippen LogP contribution in [0.5, 0.6) is 0 Å². The van der Waals surface area contributed by atoms with E-state index in [1.54, 1.807) is 17.5 Å². The Hall–Kier alpha value is -3.01. The van der Waals surface area contributed by atoms with Crippen LogP contribution in [0.1, 0.15) is 29.2 Å². The highest BCUT2D eigenvalue weighted by atomic mass is 32.2. The van der Waals surface area contributed by atoms with Crippen molar-refractivity contribution in [3.63, 3.8) is 0 Å². The van der Waals surface area contributed by atoms with Crippen molar-refractivity contribution in [1.82, 2.24) is 9.62 Å². The molecule has 1 amide bonds. The molecule has 0 bridgehead atoms. The first-order valence-corrected chi connectivity index (χ1v) is 12.9. The molecule has 1 aromatic heterocycles. The fourth-order valence-electron chi connectivity index (χ4n) is 3.86. The van der Waals surface area contributed by atoms with Gasteiger partial charge in [0, 0.05) is 13.1 Å². The number of nitrogens with zero attached hydrogens (tertiary/aromatic N) is 1. The number of thiophene rings is 1. The Kier molecular flexibility index (Phi) is 7.22. The maximum absolute atomic E-state index is 13.3. The molecule has 2 aromatic carbocycles. The number of carbonyl (C=O) groups is 2. The predicted octanol–water partition coefficient (Wildman–Crippen LogP) is 3.29. The molecule has 1 aliphatic rings. The number of rotatable bonds is 8. The lowest BCUT2D eigenvalue weighted by molar-refractivity contribution is -0.149. The van der Waals surface area contributed by atoms with Crippen molar-refractivity contribution >= 4 is 33.2 Å². The average Bonchev–Trinajstić information content (AvgIpc) is 3.38. The van der Waals surface area contributed by atoms with E-state index in [0.29, 0.717) is 13.0 Å². The van der Waals surface area contributed by atoms with Crippen LogP contribution in [-0.4, -0.2) is 37.8 Å². The van der Waals surface area contributed by atoms with E-state index in [1.807, 2.05) is 54.6 Å². The van der Waals surface area contributed by atoms with Crippen molar-refractivity contribution in [3.8, 4) is 0 Å². The third-order valence-electron chi connectivity index (χ3n) is 5.48. The van der Waals surface area contributed by atoms with E-state index in [4.69, 9.17) is 4.74 Å². The van der Waals surface area contributed by atoms with Gasteiger partial charge in [0.2, 0.25) is 0 Å². The molecule has 1 unspecified atom stereocenters. The molecule has 1 aliphatic heterocycles. The molecule has 0 spiro atoms. The number of amides is 1. The quantitative estimate of drug-likeness (QED) is 0.496. The minimum absolute atomic E-state index is 0.173. The molecule has 9 heteroatoms. The SMILES string of the molecule is O=C(COC(=O)CC1c2ccccc2CCN1S(=O)(=O)c1cccs1)NCc1ccccc1. The third kappa shape index (κ3) is 5.50. The van der Waals surface area contributed by atoms with Gasteiger partial charge in [-0.05, 0) is 34.6 Å². The molecule has 0 saturated heterocycles. The molecule has 172 valence electrons. The Balaban J connectivity index is 1.43. The van der Waals surface area contributed by atoms with Crippen LogP contribution in [0, 0.1) is 0 Å². The van der Waals surface area contributed by atoms with Gasteiger partial charge in [0.15, 0.2) is 6.61 Å². The van der Waals surface area contributed by atoms with Crippen LogP contribution in [0.2, 0.25) is 0 Å². The number of sulfonamides is 1. The molecule has 1 atom stereocenters. The smallest absolute Gasteiger partial charge is 0.308 e. The van der Waals surface area contributed by atoms with Crippen molar-refractivity contribution in [3.05, 3.63) is 88.8 Å². The maximum atomic E-state index is 13.3. The molecule has 0 radical (unpaired) electrons. The lowest BCUT2D eigenvalue weighted by Gasteiger charge is -2.35. The second kappa shape index (κ2) is 10.3. The molecular formula is C24H24N2O5S2. The summed E-state index contributed by atoms with van der Waals surface area (Å²) in [4.78, 5) is 24.7. The van der Waals surface area contributed by atoms with Gasteiger partial charge in [-0.3, -0.25) is 9.59 Å². The highest BCUT2D eigenvalue weighted by molar-refractivity contribution is 7.91. The van der Waals surface area contributed by atoms with Gasteiger partial charge in [0.05, 0.1) is 12.5 Å². The van der Waals surface area contributed by atoms with E-state index >= 15 is 0 Å². The monoisotopic (exact) mass is 484 g/mol. The highest BCUT2D eigenvalue weighted by Gasteiger charge is 2.38. The zero-order chi connectivity index (χ0) is 23.3. The molecule has 0 aliphatic carbocycles. The minimum Gasteiger partial charge on any atom is -0.456 e. The van der Waals surface area contributed by atoms with Crippen molar-refractivity contribution in [2.24, 2.45) is 0 Å². The molecule has 3 aromatic rings. The summed E-state index contributed by atoms with van der Waals surface area (Å²) in [5.74, 6) is -1.04. The Labute approximate surface area is 197 Å². The van der Waals surface area contributed by atoms with Gasteiger partial charge in [-0.1, -0.05) is 60.7 Å². The summed E-state index contributed by atoms with van der Waals surface area (Å²) in [6.07, 6.45) is 0.391. The zero-order valence-corrected chi connectivity index (χ0v) is 19.5. The molecule has 4 rings (SSSR count). The van der Waals surface area contributed by atoms with Gasteiger partial charge in [-0.25, -0.2) is 8.42 Å². The van der Waals surface area contributed by atoms with Crippen LogP contribution in [0.15, 0.2) is 76.3 Å². The number of fused-ring (bicyclic) bond motifs is 1. The molecule has 33 heavy (non-hydrogen) atoms. The number of nitrogens with one attached hydrogen (secondary N) is 1. The molecule has 0 saturated carbocycles. The number of ether oxygens (including phenoxy) is 1. The first-order valence-electron chi connectivity index (χ1n) is 10.5. The van der Waals surface area contributed by atoms with E-state index in [0.717, 1.165) is 28.0 Å². The zero-order valence-electron chi connectivity index (χ0n) is 17.8. The van der Waals surface area contributed by atoms with Crippen LogP contribution in [-0.2, 0) is 37.3 Å². The van der Waals surface area contributed by atoms with E-state index in [2.05, 4.69) is 5.32 Å². The largest absolute Gasteiger partial charge is 0.456 e. The van der Waals surface area contributed by atoms with Gasteiger partial charge in [0.25, 0.3) is 15.9 Å². The topological polar surface area (TPSA) is 92.8 Å². The maximum Gasteiger partial charge on any atom is 0.308 e. The van der Waals surface area contributed by atoms with E-state index in [-0.39, 0.29) is 17.2 Å². The minimum atomic E-state index is -3.76. The number of carbonyl (C=O) groups excluding carboxylic acids is 2. The summed E-state index contributed by atoms with van der Waals surface area (Å²) in [6.45, 7) is 0.185. The molecule has 0 fully saturated rings. The van der Waals surface area contributed by atoms with Crippen LogP contribution < -0.4 is 5.32 Å². The van der Waals surface area contributed by atoms with Gasteiger partial charge >= 0.3 is 5.97 Å².